The molecule has 0 saturated heterocycles. The van der Waals surface area contributed by atoms with Gasteiger partial charge in [-0.25, -0.2) is 26.2 Å². The van der Waals surface area contributed by atoms with Gasteiger partial charge in [0.1, 0.15) is 11.6 Å². The predicted molar refractivity (Wildman–Crippen MR) is 176 cm³/mol. The highest BCUT2D eigenvalue weighted by atomic mass is 79.9. The Morgan fingerprint density at radius 3 is 1.40 bits per heavy atom. The van der Waals surface area contributed by atoms with Crippen molar-refractivity contribution < 1.29 is 16.8 Å². The molecule has 0 saturated carbocycles. The van der Waals surface area contributed by atoms with Crippen molar-refractivity contribution in [1.82, 2.24) is 19.6 Å². The van der Waals surface area contributed by atoms with Crippen LogP contribution in [0.3, 0.4) is 0 Å². The second-order valence-corrected chi connectivity index (χ2v) is 15.4. The monoisotopic (exact) mass is 684 g/mol. The van der Waals surface area contributed by atoms with Crippen LogP contribution >= 0.6 is 15.9 Å². The van der Waals surface area contributed by atoms with E-state index in [0.29, 0.717) is 11.6 Å². The zero-order chi connectivity index (χ0) is 31.2. The minimum Gasteiger partial charge on any atom is -0.267 e. The minimum atomic E-state index is -3.41. The Bertz CT molecular complexity index is 1850. The van der Waals surface area contributed by atoms with Gasteiger partial charge < -0.3 is 0 Å². The quantitative estimate of drug-likeness (QED) is 0.183. The molecule has 5 aromatic rings. The van der Waals surface area contributed by atoms with E-state index in [9.17, 15) is 16.8 Å². The second kappa shape index (κ2) is 13.6. The van der Waals surface area contributed by atoms with Crippen LogP contribution in [0.1, 0.15) is 27.7 Å². The zero-order valence-electron chi connectivity index (χ0n) is 24.1. The van der Waals surface area contributed by atoms with Crippen molar-refractivity contribution in [3.8, 4) is 22.5 Å². The summed E-state index contributed by atoms with van der Waals surface area (Å²) in [5, 5.41) is 7.34. The van der Waals surface area contributed by atoms with Gasteiger partial charge in [0, 0.05) is 16.6 Å². The smallest absolute Gasteiger partial charge is 0.236 e. The van der Waals surface area contributed by atoms with Crippen LogP contribution in [0.15, 0.2) is 108 Å². The predicted octanol–water partition coefficient (Wildman–Crippen LogP) is 6.47. The lowest BCUT2D eigenvalue weighted by Crippen LogP contribution is -2.23. The first-order valence-corrected chi connectivity index (χ1v) is 17.3. The summed E-state index contributed by atoms with van der Waals surface area (Å²) in [5.41, 5.74) is 3.80. The van der Waals surface area contributed by atoms with Gasteiger partial charge in [-0.1, -0.05) is 58.4 Å². The highest BCUT2D eigenvalue weighted by molar-refractivity contribution is 9.10. The Morgan fingerprint density at radius 2 is 0.977 bits per heavy atom. The van der Waals surface area contributed by atoms with E-state index in [1.807, 2.05) is 78.9 Å². The summed E-state index contributed by atoms with van der Waals surface area (Å²) < 4.78 is 57.1. The normalized spacial score (nSPS) is 11.7. The van der Waals surface area contributed by atoms with E-state index in [2.05, 4.69) is 35.6 Å². The van der Waals surface area contributed by atoms with Crippen LogP contribution in [0.5, 0.6) is 0 Å². The SMILES string of the molecule is CC(C)S(=O)(=O)Nc1ccnn1-c1ccc(-c2ccccc2)cc1.CC(C)S(=O)(=O)Nc1ccnn1-c1ccc(Br)cc1. The number of aromatic nitrogens is 4. The van der Waals surface area contributed by atoms with Gasteiger partial charge in [0.05, 0.1) is 34.3 Å². The second-order valence-electron chi connectivity index (χ2n) is 10.0. The summed E-state index contributed by atoms with van der Waals surface area (Å²) in [7, 11) is -6.79. The van der Waals surface area contributed by atoms with Gasteiger partial charge in [0.25, 0.3) is 0 Å². The molecule has 13 heteroatoms. The van der Waals surface area contributed by atoms with Crippen LogP contribution in [0.2, 0.25) is 0 Å². The van der Waals surface area contributed by atoms with Gasteiger partial charge in [-0.05, 0) is 75.2 Å². The molecule has 0 bridgehead atoms. The number of rotatable bonds is 9. The molecule has 10 nitrogen and oxygen atoms in total. The maximum Gasteiger partial charge on any atom is 0.236 e. The summed E-state index contributed by atoms with van der Waals surface area (Å²) in [6, 6.07) is 28.6. The van der Waals surface area contributed by atoms with E-state index < -0.39 is 30.5 Å². The van der Waals surface area contributed by atoms with Crippen LogP contribution in [0.4, 0.5) is 11.6 Å². The number of hydrogen-bond acceptors (Lipinski definition) is 6. The van der Waals surface area contributed by atoms with Crippen molar-refractivity contribution in [3.05, 3.63) is 108 Å². The molecule has 226 valence electrons. The molecule has 2 N–H and O–H groups in total. The van der Waals surface area contributed by atoms with Gasteiger partial charge in [-0.15, -0.1) is 0 Å². The highest BCUT2D eigenvalue weighted by Crippen LogP contribution is 2.23. The van der Waals surface area contributed by atoms with E-state index in [1.54, 1.807) is 61.6 Å². The van der Waals surface area contributed by atoms with E-state index in [-0.39, 0.29) is 0 Å². The maximum atomic E-state index is 12.1. The van der Waals surface area contributed by atoms with Crippen LogP contribution < -0.4 is 9.44 Å². The van der Waals surface area contributed by atoms with Crippen molar-refractivity contribution in [2.45, 2.75) is 38.2 Å². The number of hydrogen-bond donors (Lipinski definition) is 2. The van der Waals surface area contributed by atoms with Crippen molar-refractivity contribution in [2.75, 3.05) is 9.44 Å². The topological polar surface area (TPSA) is 128 Å². The average molecular weight is 686 g/mol. The molecular formula is C30H33BrN6O4S2. The van der Waals surface area contributed by atoms with Gasteiger partial charge in [0.15, 0.2) is 0 Å². The molecule has 43 heavy (non-hydrogen) atoms. The summed E-state index contributed by atoms with van der Waals surface area (Å²) >= 11 is 3.35. The summed E-state index contributed by atoms with van der Waals surface area (Å²) in [6.45, 7) is 6.53. The van der Waals surface area contributed by atoms with Crippen LogP contribution in [-0.2, 0) is 20.0 Å². The first kappa shape index (κ1) is 32.0. The fourth-order valence-electron chi connectivity index (χ4n) is 3.71. The summed E-state index contributed by atoms with van der Waals surface area (Å²) in [4.78, 5) is 0. The fourth-order valence-corrected chi connectivity index (χ4v) is 5.34. The number of sulfonamides is 2. The molecule has 0 spiro atoms. The third-order valence-electron chi connectivity index (χ3n) is 6.31. The molecule has 0 radical (unpaired) electrons. The van der Waals surface area contributed by atoms with E-state index >= 15 is 0 Å². The highest BCUT2D eigenvalue weighted by Gasteiger charge is 2.19. The molecule has 0 aliphatic carbocycles. The number of benzene rings is 3. The van der Waals surface area contributed by atoms with Crippen LogP contribution in [-0.4, -0.2) is 46.9 Å². The van der Waals surface area contributed by atoms with Crippen LogP contribution in [0.25, 0.3) is 22.5 Å². The van der Waals surface area contributed by atoms with Gasteiger partial charge >= 0.3 is 0 Å². The summed E-state index contributed by atoms with van der Waals surface area (Å²) in [5.74, 6) is 0.854. The molecule has 0 amide bonds. The first-order chi connectivity index (χ1) is 20.4. The molecule has 2 aromatic heterocycles. The molecule has 3 aromatic carbocycles. The molecule has 0 aliphatic rings. The number of anilines is 2. The van der Waals surface area contributed by atoms with Crippen molar-refractivity contribution in [1.29, 1.82) is 0 Å². The lowest BCUT2D eigenvalue weighted by Gasteiger charge is -2.13. The zero-order valence-corrected chi connectivity index (χ0v) is 27.3. The Hall–Kier alpha value is -3.94. The third kappa shape index (κ3) is 8.12. The molecule has 0 fully saturated rings. The van der Waals surface area contributed by atoms with E-state index in [1.165, 1.54) is 0 Å². The molecule has 5 rings (SSSR count). The largest absolute Gasteiger partial charge is 0.267 e. The number of nitrogens with one attached hydrogen (secondary N) is 2. The molecular weight excluding hydrogens is 652 g/mol. The molecule has 0 aliphatic heterocycles. The number of nitrogens with zero attached hydrogens (tertiary/aromatic N) is 4. The standard InChI is InChI=1S/C18H19N3O2S.C12H14BrN3O2S/c1-14(2)24(22,23)20-18-12-13-19-21(18)17-10-8-16(9-11-17)15-6-4-3-5-7-15;1-9(2)19(17,18)15-12-7-8-14-16(12)11-5-3-10(13)4-6-11/h3-14,20H,1-2H3;3-9,15H,1-2H3. The Balaban J connectivity index is 0.000000203. The number of halogens is 1. The molecule has 0 atom stereocenters. The fraction of sp³-hybridized carbons (Fsp3) is 0.200. The molecule has 2 heterocycles. The van der Waals surface area contributed by atoms with Crippen molar-refractivity contribution in [3.63, 3.8) is 0 Å². The summed E-state index contributed by atoms with van der Waals surface area (Å²) in [6.07, 6.45) is 3.13. The lowest BCUT2D eigenvalue weighted by molar-refractivity contribution is 0.590. The Morgan fingerprint density at radius 1 is 0.581 bits per heavy atom. The van der Waals surface area contributed by atoms with Gasteiger partial charge in [-0.3, -0.25) is 9.44 Å². The first-order valence-electron chi connectivity index (χ1n) is 13.4. The van der Waals surface area contributed by atoms with E-state index in [4.69, 9.17) is 0 Å². The van der Waals surface area contributed by atoms with E-state index in [0.717, 1.165) is 27.0 Å². The third-order valence-corrected chi connectivity index (χ3v) is 10.3. The van der Waals surface area contributed by atoms with Gasteiger partial charge in [-0.2, -0.15) is 10.2 Å². The minimum absolute atomic E-state index is 0.427. The van der Waals surface area contributed by atoms with Crippen LogP contribution in [0, 0.1) is 0 Å². The lowest BCUT2D eigenvalue weighted by atomic mass is 10.1. The Kier molecular flexibility index (Phi) is 10.1. The molecule has 0 unspecified atom stereocenters. The van der Waals surface area contributed by atoms with Crippen molar-refractivity contribution in [2.24, 2.45) is 0 Å². The Labute approximate surface area is 261 Å². The van der Waals surface area contributed by atoms with Crippen molar-refractivity contribution >= 4 is 47.6 Å². The van der Waals surface area contributed by atoms with Gasteiger partial charge in [0.2, 0.25) is 20.0 Å². The maximum absolute atomic E-state index is 12.1. The average Bonchev–Trinajstić information content (AvgIpc) is 3.63.